The molecule has 6 heteroatoms. The Balaban J connectivity index is 2.12. The number of rotatable bonds is 7. The van der Waals surface area contributed by atoms with E-state index < -0.39 is 11.3 Å². The molecule has 0 heterocycles. The molecule has 0 spiro atoms. The topological polar surface area (TPSA) is 47.6 Å². The summed E-state index contributed by atoms with van der Waals surface area (Å²) < 4.78 is 11.0. The summed E-state index contributed by atoms with van der Waals surface area (Å²) in [5, 5.41) is 2.35. The number of hydrogen-bond donors (Lipinski definition) is 1. The average molecular weight is 337 g/mol. The minimum absolute atomic E-state index is 0.359. The van der Waals surface area contributed by atoms with Gasteiger partial charge < -0.3 is 14.8 Å². The monoisotopic (exact) mass is 335 g/mol. The van der Waals surface area contributed by atoms with Crippen molar-refractivity contribution < 1.29 is 14.3 Å². The number of ether oxygens (including phenoxy) is 2. The second kappa shape index (κ2) is 8.34. The number of methoxy groups -OCH3 is 1. The van der Waals surface area contributed by atoms with Crippen LogP contribution in [0.1, 0.15) is 0 Å². The molecule has 0 saturated heterocycles. The van der Waals surface area contributed by atoms with E-state index in [1.165, 1.54) is 7.11 Å². The Kier molecular flexibility index (Phi) is 7.08. The lowest BCUT2D eigenvalue weighted by Crippen LogP contribution is -2.32. The van der Waals surface area contributed by atoms with Crippen molar-refractivity contribution in [3.63, 3.8) is 0 Å². The summed E-state index contributed by atoms with van der Waals surface area (Å²) >= 11 is 9.11. The molecule has 0 aliphatic heterocycles. The Labute approximate surface area is 120 Å². The molecule has 4 nitrogen and oxygen atoms in total. The molecule has 0 saturated carbocycles. The first-order valence-corrected chi connectivity index (χ1v) is 6.67. The summed E-state index contributed by atoms with van der Waals surface area (Å²) in [4.78, 5) is 11.0. The molecule has 1 aromatic carbocycles. The number of hydrogen-bond acceptors (Lipinski definition) is 4. The molecule has 18 heavy (non-hydrogen) atoms. The molecule has 0 fully saturated rings. The third-order valence-electron chi connectivity index (χ3n) is 2.14. The van der Waals surface area contributed by atoms with Crippen molar-refractivity contribution in [2.45, 2.75) is 5.38 Å². The highest BCUT2D eigenvalue weighted by molar-refractivity contribution is 9.10. The number of alkyl halides is 1. The van der Waals surface area contributed by atoms with Crippen molar-refractivity contribution in [2.75, 3.05) is 26.8 Å². The summed E-state index contributed by atoms with van der Waals surface area (Å²) in [6, 6.07) is 7.58. The van der Waals surface area contributed by atoms with Gasteiger partial charge >= 0.3 is 5.97 Å². The molecule has 1 N–H and O–H groups in total. The number of esters is 1. The lowest BCUT2D eigenvalue weighted by Gasteiger charge is -2.10. The van der Waals surface area contributed by atoms with Crippen LogP contribution in [0.25, 0.3) is 0 Å². The van der Waals surface area contributed by atoms with Crippen molar-refractivity contribution in [3.8, 4) is 5.75 Å². The minimum atomic E-state index is -0.664. The molecule has 0 aliphatic carbocycles. The SMILES string of the molecule is COC(=O)C(Cl)CNCCOc1ccc(Br)cc1. The number of benzene rings is 1. The number of halogens is 2. The Bertz CT molecular complexity index is 372. The Morgan fingerprint density at radius 3 is 2.72 bits per heavy atom. The van der Waals surface area contributed by atoms with Gasteiger partial charge in [0.15, 0.2) is 0 Å². The van der Waals surface area contributed by atoms with Crippen LogP contribution < -0.4 is 10.1 Å². The normalized spacial score (nSPS) is 11.9. The van der Waals surface area contributed by atoms with Crippen LogP contribution in [0.5, 0.6) is 5.75 Å². The largest absolute Gasteiger partial charge is 0.492 e. The van der Waals surface area contributed by atoms with Gasteiger partial charge in [-0.25, -0.2) is 0 Å². The minimum Gasteiger partial charge on any atom is -0.492 e. The molecular weight excluding hydrogens is 321 g/mol. The lowest BCUT2D eigenvalue weighted by molar-refractivity contribution is -0.140. The van der Waals surface area contributed by atoms with E-state index in [0.717, 1.165) is 10.2 Å². The molecule has 1 aromatic rings. The molecule has 1 rings (SSSR count). The zero-order chi connectivity index (χ0) is 13.4. The number of carbonyl (C=O) groups excluding carboxylic acids is 1. The third-order valence-corrected chi connectivity index (χ3v) is 3.00. The molecule has 100 valence electrons. The van der Waals surface area contributed by atoms with Gasteiger partial charge in [0.25, 0.3) is 0 Å². The van der Waals surface area contributed by atoms with Gasteiger partial charge in [0.1, 0.15) is 17.7 Å². The van der Waals surface area contributed by atoms with Crippen LogP contribution in [0.3, 0.4) is 0 Å². The fourth-order valence-electron chi connectivity index (χ4n) is 1.21. The van der Waals surface area contributed by atoms with Crippen LogP contribution in [0.4, 0.5) is 0 Å². The summed E-state index contributed by atoms with van der Waals surface area (Å²) in [5.74, 6) is 0.369. The maximum Gasteiger partial charge on any atom is 0.325 e. The van der Waals surface area contributed by atoms with Gasteiger partial charge in [-0.1, -0.05) is 15.9 Å². The second-order valence-corrected chi connectivity index (χ2v) is 4.94. The Morgan fingerprint density at radius 1 is 1.44 bits per heavy atom. The summed E-state index contributed by atoms with van der Waals surface area (Å²) in [6.07, 6.45) is 0. The predicted molar refractivity (Wildman–Crippen MR) is 74.2 cm³/mol. The highest BCUT2D eigenvalue weighted by Crippen LogP contribution is 2.15. The van der Waals surface area contributed by atoms with Gasteiger partial charge in [-0.05, 0) is 24.3 Å². The van der Waals surface area contributed by atoms with Crippen molar-refractivity contribution in [3.05, 3.63) is 28.7 Å². The third kappa shape index (κ3) is 5.71. The van der Waals surface area contributed by atoms with Crippen molar-refractivity contribution in [2.24, 2.45) is 0 Å². The molecule has 0 aliphatic rings. The van der Waals surface area contributed by atoms with E-state index in [0.29, 0.717) is 19.7 Å². The smallest absolute Gasteiger partial charge is 0.325 e. The molecule has 1 atom stereocenters. The van der Waals surface area contributed by atoms with E-state index in [1.807, 2.05) is 24.3 Å². The second-order valence-electron chi connectivity index (χ2n) is 3.50. The van der Waals surface area contributed by atoms with E-state index >= 15 is 0 Å². The van der Waals surface area contributed by atoms with Gasteiger partial charge in [0.05, 0.1) is 7.11 Å². The molecule has 0 amide bonds. The van der Waals surface area contributed by atoms with Gasteiger partial charge in [-0.2, -0.15) is 0 Å². The van der Waals surface area contributed by atoms with Crippen LogP contribution in [-0.2, 0) is 9.53 Å². The fourth-order valence-corrected chi connectivity index (χ4v) is 1.67. The average Bonchev–Trinajstić information content (AvgIpc) is 2.39. The summed E-state index contributed by atoms with van der Waals surface area (Å²) in [7, 11) is 1.31. The molecule has 0 bridgehead atoms. The molecule has 0 radical (unpaired) electrons. The van der Waals surface area contributed by atoms with E-state index in [9.17, 15) is 4.79 Å². The number of nitrogens with one attached hydrogen (secondary N) is 1. The van der Waals surface area contributed by atoms with E-state index in [4.69, 9.17) is 16.3 Å². The maximum absolute atomic E-state index is 11.0. The Hall–Kier alpha value is -0.780. The Morgan fingerprint density at radius 2 is 2.11 bits per heavy atom. The molecular formula is C12H15BrClNO3. The van der Waals surface area contributed by atoms with E-state index in [-0.39, 0.29) is 0 Å². The van der Waals surface area contributed by atoms with Gasteiger partial charge in [-0.15, -0.1) is 11.6 Å². The first-order valence-electron chi connectivity index (χ1n) is 5.44. The van der Waals surface area contributed by atoms with E-state index in [2.05, 4.69) is 26.0 Å². The standard InChI is InChI=1S/C12H15BrClNO3/c1-17-12(16)11(14)8-15-6-7-18-10-4-2-9(13)3-5-10/h2-5,11,15H,6-8H2,1H3. The van der Waals surface area contributed by atoms with Crippen molar-refractivity contribution in [1.82, 2.24) is 5.32 Å². The van der Waals surface area contributed by atoms with Crippen LogP contribution in [0.15, 0.2) is 28.7 Å². The highest BCUT2D eigenvalue weighted by Gasteiger charge is 2.14. The van der Waals surface area contributed by atoms with Gasteiger partial charge in [0, 0.05) is 17.6 Å². The zero-order valence-corrected chi connectivity index (χ0v) is 12.3. The van der Waals surface area contributed by atoms with Crippen LogP contribution >= 0.6 is 27.5 Å². The fraction of sp³-hybridized carbons (Fsp3) is 0.417. The van der Waals surface area contributed by atoms with Crippen LogP contribution in [0.2, 0.25) is 0 Å². The summed E-state index contributed by atoms with van der Waals surface area (Å²) in [6.45, 7) is 1.47. The van der Waals surface area contributed by atoms with Crippen LogP contribution in [0, 0.1) is 0 Å². The summed E-state index contributed by atoms with van der Waals surface area (Å²) in [5.41, 5.74) is 0. The van der Waals surface area contributed by atoms with Crippen LogP contribution in [-0.4, -0.2) is 38.2 Å². The molecule has 0 aromatic heterocycles. The maximum atomic E-state index is 11.0. The van der Waals surface area contributed by atoms with E-state index in [1.54, 1.807) is 0 Å². The predicted octanol–water partition coefficient (Wildman–Crippen LogP) is 2.20. The lowest BCUT2D eigenvalue weighted by atomic mass is 10.3. The highest BCUT2D eigenvalue weighted by atomic mass is 79.9. The van der Waals surface area contributed by atoms with Crippen molar-refractivity contribution in [1.29, 1.82) is 0 Å². The van der Waals surface area contributed by atoms with Gasteiger partial charge in [0.2, 0.25) is 0 Å². The van der Waals surface area contributed by atoms with Crippen molar-refractivity contribution >= 4 is 33.5 Å². The quantitative estimate of drug-likeness (QED) is 0.471. The first-order chi connectivity index (χ1) is 8.63. The number of carbonyl (C=O) groups is 1. The first kappa shape index (κ1) is 15.3. The molecule has 1 unspecified atom stereocenters. The van der Waals surface area contributed by atoms with Gasteiger partial charge in [-0.3, -0.25) is 4.79 Å². The zero-order valence-electron chi connectivity index (χ0n) is 9.99.